The van der Waals surface area contributed by atoms with Gasteiger partial charge in [-0.25, -0.2) is 0 Å². The second-order valence-electron chi connectivity index (χ2n) is 5.89. The Hall–Kier alpha value is -0.120. The van der Waals surface area contributed by atoms with Gasteiger partial charge in [0.05, 0.1) is 6.61 Å². The van der Waals surface area contributed by atoms with Crippen LogP contribution >= 0.6 is 0 Å². The molecule has 3 heteroatoms. The zero-order valence-corrected chi connectivity index (χ0v) is 10.8. The summed E-state index contributed by atoms with van der Waals surface area (Å²) in [5.74, 6) is 0. The molecule has 0 aliphatic carbocycles. The molecule has 2 aliphatic heterocycles. The molecule has 0 spiro atoms. The van der Waals surface area contributed by atoms with E-state index in [9.17, 15) is 0 Å². The molecule has 2 unspecified atom stereocenters. The molecule has 0 aromatic carbocycles. The first-order valence-electron chi connectivity index (χ1n) is 6.72. The second kappa shape index (κ2) is 5.03. The normalized spacial score (nSPS) is 39.4. The van der Waals surface area contributed by atoms with Crippen LogP contribution in [-0.4, -0.2) is 38.4 Å². The van der Waals surface area contributed by atoms with E-state index < -0.39 is 0 Å². The van der Waals surface area contributed by atoms with Crippen LogP contribution in [0.2, 0.25) is 0 Å². The SMILES string of the molecule is CCCC1(CNC2(C)CCOC2)CCNC1. The van der Waals surface area contributed by atoms with E-state index >= 15 is 0 Å². The van der Waals surface area contributed by atoms with Gasteiger partial charge in [-0.3, -0.25) is 0 Å². The Morgan fingerprint density at radius 3 is 2.81 bits per heavy atom. The minimum absolute atomic E-state index is 0.226. The summed E-state index contributed by atoms with van der Waals surface area (Å²) in [6.45, 7) is 9.90. The Morgan fingerprint density at radius 2 is 2.25 bits per heavy atom. The van der Waals surface area contributed by atoms with Crippen LogP contribution in [0.15, 0.2) is 0 Å². The second-order valence-corrected chi connectivity index (χ2v) is 5.89. The highest BCUT2D eigenvalue weighted by molar-refractivity contribution is 4.94. The molecular weight excluding hydrogens is 200 g/mol. The molecule has 2 atom stereocenters. The van der Waals surface area contributed by atoms with E-state index in [1.165, 1.54) is 32.4 Å². The molecule has 0 radical (unpaired) electrons. The first-order chi connectivity index (χ1) is 7.68. The third kappa shape index (κ3) is 2.76. The van der Waals surface area contributed by atoms with Crippen molar-refractivity contribution in [2.24, 2.45) is 5.41 Å². The van der Waals surface area contributed by atoms with Gasteiger partial charge in [-0.15, -0.1) is 0 Å². The molecule has 0 amide bonds. The molecule has 2 saturated heterocycles. The maximum absolute atomic E-state index is 5.49. The molecule has 0 bridgehead atoms. The molecule has 0 aromatic heterocycles. The Balaban J connectivity index is 1.86. The molecule has 0 saturated carbocycles. The zero-order valence-electron chi connectivity index (χ0n) is 10.8. The highest BCUT2D eigenvalue weighted by atomic mass is 16.5. The lowest BCUT2D eigenvalue weighted by molar-refractivity contribution is 0.161. The third-order valence-electron chi connectivity index (χ3n) is 4.22. The smallest absolute Gasteiger partial charge is 0.0646 e. The molecule has 2 N–H and O–H groups in total. The van der Waals surface area contributed by atoms with E-state index in [0.29, 0.717) is 5.41 Å². The first-order valence-corrected chi connectivity index (χ1v) is 6.72. The highest BCUT2D eigenvalue weighted by Crippen LogP contribution is 2.31. The van der Waals surface area contributed by atoms with E-state index in [0.717, 1.165) is 26.2 Å². The predicted molar refractivity (Wildman–Crippen MR) is 66.7 cm³/mol. The Bertz CT molecular complexity index is 218. The van der Waals surface area contributed by atoms with Gasteiger partial charge >= 0.3 is 0 Å². The summed E-state index contributed by atoms with van der Waals surface area (Å²) in [7, 11) is 0. The molecule has 94 valence electrons. The van der Waals surface area contributed by atoms with Gasteiger partial charge in [0, 0.05) is 25.2 Å². The fourth-order valence-electron chi connectivity index (χ4n) is 2.99. The van der Waals surface area contributed by atoms with E-state index in [4.69, 9.17) is 4.74 Å². The lowest BCUT2D eigenvalue weighted by atomic mass is 9.81. The van der Waals surface area contributed by atoms with Crippen molar-refractivity contribution >= 4 is 0 Å². The van der Waals surface area contributed by atoms with Gasteiger partial charge in [0.2, 0.25) is 0 Å². The fourth-order valence-corrected chi connectivity index (χ4v) is 2.99. The monoisotopic (exact) mass is 226 g/mol. The molecule has 2 heterocycles. The van der Waals surface area contributed by atoms with Crippen molar-refractivity contribution in [1.82, 2.24) is 10.6 Å². The van der Waals surface area contributed by atoms with Gasteiger partial charge in [-0.05, 0) is 38.1 Å². The number of hydrogen-bond donors (Lipinski definition) is 2. The topological polar surface area (TPSA) is 33.3 Å². The summed E-state index contributed by atoms with van der Waals surface area (Å²) >= 11 is 0. The summed E-state index contributed by atoms with van der Waals surface area (Å²) in [4.78, 5) is 0. The quantitative estimate of drug-likeness (QED) is 0.746. The van der Waals surface area contributed by atoms with Crippen LogP contribution in [0, 0.1) is 5.41 Å². The summed E-state index contributed by atoms with van der Waals surface area (Å²) in [5, 5.41) is 7.28. The fraction of sp³-hybridized carbons (Fsp3) is 1.00. The maximum atomic E-state index is 5.49. The summed E-state index contributed by atoms with van der Waals surface area (Å²) in [5.41, 5.74) is 0.726. The van der Waals surface area contributed by atoms with Crippen LogP contribution in [0.25, 0.3) is 0 Å². The van der Waals surface area contributed by atoms with Gasteiger partial charge in [-0.2, -0.15) is 0 Å². The average Bonchev–Trinajstić information content (AvgIpc) is 2.87. The maximum Gasteiger partial charge on any atom is 0.0646 e. The number of hydrogen-bond acceptors (Lipinski definition) is 3. The van der Waals surface area contributed by atoms with Crippen LogP contribution in [-0.2, 0) is 4.74 Å². The van der Waals surface area contributed by atoms with Crippen LogP contribution in [0.3, 0.4) is 0 Å². The average molecular weight is 226 g/mol. The molecule has 2 aliphatic rings. The van der Waals surface area contributed by atoms with Crippen LogP contribution in [0.1, 0.15) is 39.5 Å². The van der Waals surface area contributed by atoms with E-state index in [1.54, 1.807) is 0 Å². The van der Waals surface area contributed by atoms with Crippen molar-refractivity contribution in [3.05, 3.63) is 0 Å². The minimum atomic E-state index is 0.226. The standard InChI is InChI=1S/C13H26N2O/c1-3-4-13(5-7-14-9-13)10-15-12(2)6-8-16-11-12/h14-15H,3-11H2,1-2H3. The van der Waals surface area contributed by atoms with Crippen molar-refractivity contribution in [2.45, 2.75) is 45.1 Å². The van der Waals surface area contributed by atoms with Crippen LogP contribution in [0.5, 0.6) is 0 Å². The summed E-state index contributed by atoms with van der Waals surface area (Å²) < 4.78 is 5.49. The molecule has 2 fully saturated rings. The molecule has 16 heavy (non-hydrogen) atoms. The largest absolute Gasteiger partial charge is 0.379 e. The molecule has 3 nitrogen and oxygen atoms in total. The number of rotatable bonds is 5. The Kier molecular flexibility index (Phi) is 3.88. The van der Waals surface area contributed by atoms with Gasteiger partial charge in [0.15, 0.2) is 0 Å². The van der Waals surface area contributed by atoms with Crippen molar-refractivity contribution in [3.8, 4) is 0 Å². The van der Waals surface area contributed by atoms with Crippen molar-refractivity contribution in [1.29, 1.82) is 0 Å². The van der Waals surface area contributed by atoms with Crippen LogP contribution in [0.4, 0.5) is 0 Å². The van der Waals surface area contributed by atoms with Crippen molar-refractivity contribution in [3.63, 3.8) is 0 Å². The molecule has 0 aromatic rings. The highest BCUT2D eigenvalue weighted by Gasteiger charge is 2.36. The van der Waals surface area contributed by atoms with Crippen molar-refractivity contribution < 1.29 is 4.74 Å². The van der Waals surface area contributed by atoms with Gasteiger partial charge < -0.3 is 15.4 Å². The zero-order chi connectivity index (χ0) is 11.5. The minimum Gasteiger partial charge on any atom is -0.379 e. The Morgan fingerprint density at radius 1 is 1.38 bits per heavy atom. The Labute approximate surface area is 99.3 Å². The van der Waals surface area contributed by atoms with E-state index in [1.807, 2.05) is 0 Å². The van der Waals surface area contributed by atoms with E-state index in [-0.39, 0.29) is 5.54 Å². The van der Waals surface area contributed by atoms with E-state index in [2.05, 4.69) is 24.5 Å². The van der Waals surface area contributed by atoms with Crippen LogP contribution < -0.4 is 10.6 Å². The molecular formula is C13H26N2O. The first kappa shape index (κ1) is 12.3. The lowest BCUT2D eigenvalue weighted by Gasteiger charge is -2.33. The summed E-state index contributed by atoms with van der Waals surface area (Å²) in [6, 6.07) is 0. The van der Waals surface area contributed by atoms with Gasteiger partial charge in [0.1, 0.15) is 0 Å². The third-order valence-corrected chi connectivity index (χ3v) is 4.22. The van der Waals surface area contributed by atoms with Gasteiger partial charge in [0.25, 0.3) is 0 Å². The van der Waals surface area contributed by atoms with Crippen molar-refractivity contribution in [2.75, 3.05) is 32.8 Å². The summed E-state index contributed by atoms with van der Waals surface area (Å²) in [6.07, 6.45) is 5.11. The van der Waals surface area contributed by atoms with Gasteiger partial charge in [-0.1, -0.05) is 13.3 Å². The number of nitrogens with one attached hydrogen (secondary N) is 2. The number of ether oxygens (including phenoxy) is 1. The molecule has 2 rings (SSSR count). The predicted octanol–water partition coefficient (Wildman–Crippen LogP) is 1.53. The lowest BCUT2D eigenvalue weighted by Crippen LogP contribution is -2.49.